The van der Waals surface area contributed by atoms with Crippen molar-refractivity contribution >= 4 is 20.8 Å². The molecule has 0 bridgehead atoms. The van der Waals surface area contributed by atoms with Gasteiger partial charge in [-0.15, -0.1) is 10.2 Å². The molecule has 3 aromatic rings. The molecule has 1 N–H and O–H groups in total. The normalized spacial score (nSPS) is 12.0. The smallest absolute Gasteiger partial charge is 0.216 e. The maximum atomic E-state index is 13.1. The Bertz CT molecular complexity index is 1020. The van der Waals surface area contributed by atoms with Crippen molar-refractivity contribution in [3.05, 3.63) is 59.9 Å². The molecule has 0 amide bonds. The standard InChI is InChI=1S/C17H16N4O4S/c1-24-13-9-8-12(15(11-13)25-2)10-16(17-18-20-21-19-17)26(22,23)14-6-4-3-5-7-14/h3-11H,1-2H3,(H,18,19,20,21)/b16-10+. The number of aromatic amines is 1. The molecule has 3 rings (SSSR count). The van der Waals surface area contributed by atoms with Crippen molar-refractivity contribution in [2.75, 3.05) is 14.2 Å². The van der Waals surface area contributed by atoms with E-state index in [0.717, 1.165) is 0 Å². The summed E-state index contributed by atoms with van der Waals surface area (Å²) < 4.78 is 36.7. The zero-order valence-corrected chi connectivity index (χ0v) is 14.9. The largest absolute Gasteiger partial charge is 0.497 e. The zero-order chi connectivity index (χ0) is 18.6. The average molecular weight is 372 g/mol. The van der Waals surface area contributed by atoms with Crippen LogP contribution in [0.2, 0.25) is 0 Å². The third-order valence-corrected chi connectivity index (χ3v) is 5.41. The van der Waals surface area contributed by atoms with Crippen LogP contribution in [0.1, 0.15) is 11.4 Å². The molecule has 1 heterocycles. The number of tetrazole rings is 1. The summed E-state index contributed by atoms with van der Waals surface area (Å²) in [7, 11) is -0.845. The maximum absolute atomic E-state index is 13.1. The molecule has 0 aliphatic carbocycles. The molecule has 2 aromatic carbocycles. The number of nitrogens with zero attached hydrogens (tertiary/aromatic N) is 3. The molecule has 0 atom stereocenters. The summed E-state index contributed by atoms with van der Waals surface area (Å²) in [6, 6.07) is 13.1. The summed E-state index contributed by atoms with van der Waals surface area (Å²) in [6.07, 6.45) is 1.45. The van der Waals surface area contributed by atoms with E-state index >= 15 is 0 Å². The van der Waals surface area contributed by atoms with Gasteiger partial charge in [-0.3, -0.25) is 0 Å². The van der Waals surface area contributed by atoms with Gasteiger partial charge < -0.3 is 9.47 Å². The molecular formula is C17H16N4O4S. The summed E-state index contributed by atoms with van der Waals surface area (Å²) in [5.74, 6) is 1.01. The molecule has 1 aromatic heterocycles. The fraction of sp³-hybridized carbons (Fsp3) is 0.118. The predicted molar refractivity (Wildman–Crippen MR) is 95.2 cm³/mol. The molecule has 0 radical (unpaired) electrons. The van der Waals surface area contributed by atoms with Crippen LogP contribution in [0.15, 0.2) is 53.4 Å². The summed E-state index contributed by atoms with van der Waals surface area (Å²) in [4.78, 5) is 0.0319. The fourth-order valence-electron chi connectivity index (χ4n) is 2.33. The van der Waals surface area contributed by atoms with Crippen LogP contribution >= 0.6 is 0 Å². The monoisotopic (exact) mass is 372 g/mol. The minimum atomic E-state index is -3.87. The topological polar surface area (TPSA) is 107 Å². The third-order valence-electron chi connectivity index (χ3n) is 3.64. The number of rotatable bonds is 6. The molecule has 26 heavy (non-hydrogen) atoms. The molecule has 9 heteroatoms. The van der Waals surface area contributed by atoms with Gasteiger partial charge >= 0.3 is 0 Å². The van der Waals surface area contributed by atoms with Gasteiger partial charge in [-0.05, 0) is 35.6 Å². The number of sulfone groups is 1. The van der Waals surface area contributed by atoms with Gasteiger partial charge in [-0.1, -0.05) is 18.2 Å². The molecule has 0 spiro atoms. The van der Waals surface area contributed by atoms with E-state index in [0.29, 0.717) is 17.1 Å². The van der Waals surface area contributed by atoms with Gasteiger partial charge in [0.2, 0.25) is 15.7 Å². The van der Waals surface area contributed by atoms with Crippen molar-refractivity contribution in [1.29, 1.82) is 0 Å². The highest BCUT2D eigenvalue weighted by atomic mass is 32.2. The summed E-state index contributed by atoms with van der Waals surface area (Å²) >= 11 is 0. The minimum Gasteiger partial charge on any atom is -0.497 e. The van der Waals surface area contributed by atoms with Crippen LogP contribution in [0.3, 0.4) is 0 Å². The molecule has 0 aliphatic rings. The minimum absolute atomic E-state index is 0.0354. The number of methoxy groups -OCH3 is 2. The second kappa shape index (κ2) is 7.36. The van der Waals surface area contributed by atoms with Crippen LogP contribution in [0.5, 0.6) is 11.5 Å². The molecule has 0 aliphatic heterocycles. The van der Waals surface area contributed by atoms with Crippen molar-refractivity contribution in [1.82, 2.24) is 20.6 Å². The summed E-state index contributed by atoms with van der Waals surface area (Å²) in [5.41, 5.74) is 0.535. The lowest BCUT2D eigenvalue weighted by Gasteiger charge is -2.10. The highest BCUT2D eigenvalue weighted by Gasteiger charge is 2.26. The van der Waals surface area contributed by atoms with E-state index in [9.17, 15) is 8.42 Å². The van der Waals surface area contributed by atoms with Gasteiger partial charge in [0.15, 0.2) is 0 Å². The first-order valence-electron chi connectivity index (χ1n) is 7.54. The molecule has 0 unspecified atom stereocenters. The van der Waals surface area contributed by atoms with E-state index in [1.165, 1.54) is 32.4 Å². The van der Waals surface area contributed by atoms with Crippen LogP contribution in [0.4, 0.5) is 0 Å². The van der Waals surface area contributed by atoms with Gasteiger partial charge in [0.25, 0.3) is 0 Å². The number of benzene rings is 2. The van der Waals surface area contributed by atoms with Gasteiger partial charge in [0.1, 0.15) is 16.4 Å². The number of hydrogen-bond donors (Lipinski definition) is 1. The Morgan fingerprint density at radius 2 is 1.85 bits per heavy atom. The zero-order valence-electron chi connectivity index (χ0n) is 14.1. The number of ether oxygens (including phenoxy) is 2. The Balaban J connectivity index is 2.19. The third kappa shape index (κ3) is 3.42. The number of H-pyrrole nitrogens is 1. The van der Waals surface area contributed by atoms with E-state index in [1.807, 2.05) is 0 Å². The van der Waals surface area contributed by atoms with Gasteiger partial charge in [-0.2, -0.15) is 5.21 Å². The van der Waals surface area contributed by atoms with Crippen molar-refractivity contribution in [3.8, 4) is 11.5 Å². The lowest BCUT2D eigenvalue weighted by atomic mass is 10.1. The quantitative estimate of drug-likeness (QED) is 0.707. The van der Waals surface area contributed by atoms with Crippen molar-refractivity contribution in [2.24, 2.45) is 0 Å². The van der Waals surface area contributed by atoms with Crippen LogP contribution < -0.4 is 9.47 Å². The molecule has 0 saturated heterocycles. The van der Waals surface area contributed by atoms with E-state index in [1.54, 1.807) is 36.4 Å². The Morgan fingerprint density at radius 1 is 1.08 bits per heavy atom. The molecule has 0 fully saturated rings. The lowest BCUT2D eigenvalue weighted by molar-refractivity contribution is 0.394. The Hall–Kier alpha value is -3.20. The second-order valence-corrected chi connectivity index (χ2v) is 7.09. The number of aromatic nitrogens is 4. The van der Waals surface area contributed by atoms with Crippen molar-refractivity contribution in [2.45, 2.75) is 4.90 Å². The van der Waals surface area contributed by atoms with Gasteiger partial charge in [-0.25, -0.2) is 8.42 Å². The molecular weight excluding hydrogens is 356 g/mol. The van der Waals surface area contributed by atoms with E-state index in [4.69, 9.17) is 9.47 Å². The predicted octanol–water partition coefficient (Wildman–Crippen LogP) is 2.19. The first kappa shape index (κ1) is 17.6. The average Bonchev–Trinajstić information content (AvgIpc) is 3.20. The fourth-order valence-corrected chi connectivity index (χ4v) is 3.71. The van der Waals surface area contributed by atoms with Gasteiger partial charge in [0, 0.05) is 11.6 Å². The van der Waals surface area contributed by atoms with Crippen LogP contribution in [-0.4, -0.2) is 43.3 Å². The first-order chi connectivity index (χ1) is 12.6. The summed E-state index contributed by atoms with van der Waals surface area (Å²) in [6.45, 7) is 0. The Labute approximate surface area is 150 Å². The van der Waals surface area contributed by atoms with Crippen molar-refractivity contribution < 1.29 is 17.9 Å². The first-order valence-corrected chi connectivity index (χ1v) is 9.02. The molecule has 134 valence electrons. The van der Waals surface area contributed by atoms with E-state index < -0.39 is 9.84 Å². The highest BCUT2D eigenvalue weighted by molar-refractivity contribution is 8.00. The maximum Gasteiger partial charge on any atom is 0.216 e. The Morgan fingerprint density at radius 3 is 2.46 bits per heavy atom. The SMILES string of the molecule is COc1ccc(/C=C(\c2nn[nH]n2)S(=O)(=O)c2ccccc2)c(OC)c1. The Kier molecular flexibility index (Phi) is 4.99. The highest BCUT2D eigenvalue weighted by Crippen LogP contribution is 2.32. The summed E-state index contributed by atoms with van der Waals surface area (Å²) in [5, 5.41) is 13.4. The molecule has 8 nitrogen and oxygen atoms in total. The van der Waals surface area contributed by atoms with Gasteiger partial charge in [0.05, 0.1) is 19.1 Å². The van der Waals surface area contributed by atoms with Crippen LogP contribution in [0.25, 0.3) is 11.0 Å². The van der Waals surface area contributed by atoms with E-state index in [2.05, 4.69) is 20.6 Å². The van der Waals surface area contributed by atoms with Crippen molar-refractivity contribution in [3.63, 3.8) is 0 Å². The molecule has 0 saturated carbocycles. The van der Waals surface area contributed by atoms with Crippen LogP contribution in [-0.2, 0) is 9.84 Å². The number of nitrogens with one attached hydrogen (secondary N) is 1. The van der Waals surface area contributed by atoms with E-state index in [-0.39, 0.29) is 15.6 Å². The number of hydrogen-bond acceptors (Lipinski definition) is 7. The lowest BCUT2D eigenvalue weighted by Crippen LogP contribution is -2.06. The second-order valence-electron chi connectivity index (χ2n) is 5.17. The van der Waals surface area contributed by atoms with Crippen LogP contribution in [0, 0.1) is 0 Å².